The number of nitrogens with zero attached hydrogens (tertiary/aromatic N) is 1. The van der Waals surface area contributed by atoms with Crippen molar-refractivity contribution in [1.29, 1.82) is 0 Å². The molecule has 5 heteroatoms. The van der Waals surface area contributed by atoms with E-state index >= 15 is 0 Å². The monoisotopic (exact) mass is 333 g/mol. The second-order valence-corrected chi connectivity index (χ2v) is 6.75. The molecule has 1 fully saturated rings. The largest absolute Gasteiger partial charge is 0.357 e. The van der Waals surface area contributed by atoms with Gasteiger partial charge in [0.15, 0.2) is 0 Å². The van der Waals surface area contributed by atoms with Crippen LogP contribution in [0.2, 0.25) is 5.02 Å². The van der Waals surface area contributed by atoms with Gasteiger partial charge in [-0.3, -0.25) is 4.79 Å². The predicted molar refractivity (Wildman–Crippen MR) is 94.7 cm³/mol. The first-order valence-corrected chi connectivity index (χ1v) is 8.85. The summed E-state index contributed by atoms with van der Waals surface area (Å²) in [5.41, 5.74) is 2.05. The minimum Gasteiger partial charge on any atom is -0.357 e. The fourth-order valence-corrected chi connectivity index (χ4v) is 3.37. The van der Waals surface area contributed by atoms with E-state index in [1.807, 2.05) is 24.3 Å². The van der Waals surface area contributed by atoms with Crippen molar-refractivity contribution >= 4 is 28.4 Å². The summed E-state index contributed by atoms with van der Waals surface area (Å²) in [5, 5.41) is 4.79. The lowest BCUT2D eigenvalue weighted by Gasteiger charge is -2.26. The molecule has 2 N–H and O–H groups in total. The Kier molecular flexibility index (Phi) is 5.57. The van der Waals surface area contributed by atoms with Crippen LogP contribution in [0.3, 0.4) is 0 Å². The number of fused-ring (bicyclic) bond motifs is 1. The van der Waals surface area contributed by atoms with Crippen LogP contribution in [0.5, 0.6) is 0 Å². The molecule has 0 saturated carbocycles. The Bertz CT molecular complexity index is 661. The molecule has 3 rings (SSSR count). The molecule has 1 aliphatic heterocycles. The van der Waals surface area contributed by atoms with Crippen LogP contribution < -0.4 is 5.32 Å². The highest BCUT2D eigenvalue weighted by Gasteiger charge is 2.10. The number of aromatic nitrogens is 1. The summed E-state index contributed by atoms with van der Waals surface area (Å²) < 4.78 is 0. The van der Waals surface area contributed by atoms with Crippen LogP contribution in [0, 0.1) is 0 Å². The molecule has 1 aliphatic rings. The van der Waals surface area contributed by atoms with Gasteiger partial charge >= 0.3 is 0 Å². The third kappa shape index (κ3) is 4.72. The number of hydrogen-bond donors (Lipinski definition) is 2. The first kappa shape index (κ1) is 16.3. The molecular formula is C18H24ClN3O. The standard InChI is InChI=1S/C18H24ClN3O/c19-15-6-7-17-14(11-15)12-16(21-17)13-20-18(23)5-4-10-22-8-2-1-3-9-22/h6-7,11-12,21H,1-5,8-10,13H2,(H,20,23). The number of carbonyl (C=O) groups is 1. The number of halogens is 1. The number of benzene rings is 1. The number of piperidine rings is 1. The van der Waals surface area contributed by atoms with E-state index in [0.717, 1.165) is 34.6 Å². The summed E-state index contributed by atoms with van der Waals surface area (Å²) in [4.78, 5) is 17.7. The summed E-state index contributed by atoms with van der Waals surface area (Å²) in [6, 6.07) is 7.79. The molecule has 1 aromatic carbocycles. The van der Waals surface area contributed by atoms with Crippen molar-refractivity contribution < 1.29 is 4.79 Å². The van der Waals surface area contributed by atoms with Crippen molar-refractivity contribution in [2.24, 2.45) is 0 Å². The van der Waals surface area contributed by atoms with Gasteiger partial charge in [0.2, 0.25) is 5.91 Å². The van der Waals surface area contributed by atoms with Crippen LogP contribution in [-0.2, 0) is 11.3 Å². The fraction of sp³-hybridized carbons (Fsp3) is 0.500. The Morgan fingerprint density at radius 1 is 1.22 bits per heavy atom. The van der Waals surface area contributed by atoms with E-state index in [1.54, 1.807) is 0 Å². The van der Waals surface area contributed by atoms with Gasteiger partial charge in [0.05, 0.1) is 6.54 Å². The number of amides is 1. The number of rotatable bonds is 6. The van der Waals surface area contributed by atoms with Crippen molar-refractivity contribution in [1.82, 2.24) is 15.2 Å². The Balaban J connectivity index is 1.40. The number of carbonyl (C=O) groups excluding carboxylic acids is 1. The number of aromatic amines is 1. The molecule has 124 valence electrons. The molecule has 0 radical (unpaired) electrons. The zero-order valence-corrected chi connectivity index (χ0v) is 14.2. The second-order valence-electron chi connectivity index (χ2n) is 6.31. The maximum absolute atomic E-state index is 12.0. The van der Waals surface area contributed by atoms with Crippen LogP contribution in [0.25, 0.3) is 10.9 Å². The molecule has 23 heavy (non-hydrogen) atoms. The lowest BCUT2D eigenvalue weighted by atomic mass is 10.1. The Hall–Kier alpha value is -1.52. The molecule has 0 bridgehead atoms. The molecule has 1 aromatic heterocycles. The van der Waals surface area contributed by atoms with E-state index in [0.29, 0.717) is 13.0 Å². The van der Waals surface area contributed by atoms with Crippen molar-refractivity contribution in [3.8, 4) is 0 Å². The number of nitrogens with one attached hydrogen (secondary N) is 2. The molecule has 0 unspecified atom stereocenters. The van der Waals surface area contributed by atoms with Crippen molar-refractivity contribution in [2.45, 2.75) is 38.6 Å². The smallest absolute Gasteiger partial charge is 0.220 e. The molecule has 2 aromatic rings. The summed E-state index contributed by atoms with van der Waals surface area (Å²) in [6.07, 6.45) is 5.50. The third-order valence-electron chi connectivity index (χ3n) is 4.44. The van der Waals surface area contributed by atoms with Gasteiger partial charge in [-0.2, -0.15) is 0 Å². The van der Waals surface area contributed by atoms with E-state index in [-0.39, 0.29) is 5.91 Å². The van der Waals surface area contributed by atoms with E-state index in [9.17, 15) is 4.79 Å². The minimum atomic E-state index is 0.124. The predicted octanol–water partition coefficient (Wildman–Crippen LogP) is 3.70. The van der Waals surface area contributed by atoms with Crippen molar-refractivity contribution in [3.05, 3.63) is 35.0 Å². The highest BCUT2D eigenvalue weighted by molar-refractivity contribution is 6.31. The van der Waals surface area contributed by atoms with E-state index in [1.165, 1.54) is 32.4 Å². The van der Waals surface area contributed by atoms with Gasteiger partial charge in [0.1, 0.15) is 0 Å². The molecular weight excluding hydrogens is 310 g/mol. The van der Waals surface area contributed by atoms with Crippen LogP contribution in [0.15, 0.2) is 24.3 Å². The van der Waals surface area contributed by atoms with Crippen LogP contribution in [-0.4, -0.2) is 35.4 Å². The second kappa shape index (κ2) is 7.84. The summed E-state index contributed by atoms with van der Waals surface area (Å²) in [6.45, 7) is 3.96. The quantitative estimate of drug-likeness (QED) is 0.846. The minimum absolute atomic E-state index is 0.124. The van der Waals surface area contributed by atoms with Gasteiger partial charge in [-0.15, -0.1) is 0 Å². The molecule has 0 aliphatic carbocycles. The Morgan fingerprint density at radius 2 is 2.04 bits per heavy atom. The maximum Gasteiger partial charge on any atom is 0.220 e. The molecule has 1 amide bonds. The van der Waals surface area contributed by atoms with Gasteiger partial charge in [-0.05, 0) is 63.2 Å². The fourth-order valence-electron chi connectivity index (χ4n) is 3.19. The normalized spacial score (nSPS) is 15.9. The lowest BCUT2D eigenvalue weighted by Crippen LogP contribution is -2.31. The first-order chi connectivity index (χ1) is 11.2. The molecule has 0 spiro atoms. The number of H-pyrrole nitrogens is 1. The third-order valence-corrected chi connectivity index (χ3v) is 4.68. The average Bonchev–Trinajstić information content (AvgIpc) is 2.96. The van der Waals surface area contributed by atoms with Gasteiger partial charge in [-0.25, -0.2) is 0 Å². The van der Waals surface area contributed by atoms with Crippen LogP contribution in [0.4, 0.5) is 0 Å². The topological polar surface area (TPSA) is 48.1 Å². The van der Waals surface area contributed by atoms with Crippen LogP contribution in [0.1, 0.15) is 37.8 Å². The molecule has 0 atom stereocenters. The van der Waals surface area contributed by atoms with Gasteiger partial charge < -0.3 is 15.2 Å². The van der Waals surface area contributed by atoms with Gasteiger partial charge in [0.25, 0.3) is 0 Å². The zero-order valence-electron chi connectivity index (χ0n) is 13.4. The Labute approximate surface area is 142 Å². The van der Waals surface area contributed by atoms with Crippen molar-refractivity contribution in [2.75, 3.05) is 19.6 Å². The van der Waals surface area contributed by atoms with Crippen molar-refractivity contribution in [3.63, 3.8) is 0 Å². The highest BCUT2D eigenvalue weighted by atomic mass is 35.5. The summed E-state index contributed by atoms with van der Waals surface area (Å²) in [5.74, 6) is 0.124. The highest BCUT2D eigenvalue weighted by Crippen LogP contribution is 2.20. The molecule has 2 heterocycles. The Morgan fingerprint density at radius 3 is 2.87 bits per heavy atom. The van der Waals surface area contributed by atoms with Gasteiger partial charge in [0, 0.05) is 28.0 Å². The molecule has 4 nitrogen and oxygen atoms in total. The lowest BCUT2D eigenvalue weighted by molar-refractivity contribution is -0.121. The zero-order chi connectivity index (χ0) is 16.1. The summed E-state index contributed by atoms with van der Waals surface area (Å²) >= 11 is 5.99. The average molecular weight is 334 g/mol. The van der Waals surface area contributed by atoms with Crippen LogP contribution >= 0.6 is 11.6 Å². The number of likely N-dealkylation sites (tertiary alicyclic amines) is 1. The van der Waals surface area contributed by atoms with E-state index < -0.39 is 0 Å². The van der Waals surface area contributed by atoms with E-state index in [4.69, 9.17) is 11.6 Å². The SMILES string of the molecule is O=C(CCCN1CCCCC1)NCc1cc2cc(Cl)ccc2[nH]1. The summed E-state index contributed by atoms with van der Waals surface area (Å²) in [7, 11) is 0. The number of hydrogen-bond acceptors (Lipinski definition) is 2. The first-order valence-electron chi connectivity index (χ1n) is 8.47. The van der Waals surface area contributed by atoms with Gasteiger partial charge in [-0.1, -0.05) is 18.0 Å². The molecule has 1 saturated heterocycles. The maximum atomic E-state index is 12.0. The van der Waals surface area contributed by atoms with E-state index in [2.05, 4.69) is 15.2 Å².